The molecule has 0 aliphatic heterocycles. The Hall–Kier alpha value is -1.39. The highest BCUT2D eigenvalue weighted by Crippen LogP contribution is 2.38. The molecule has 0 heterocycles. The molecular formula is C15H15F2NS. The summed E-state index contributed by atoms with van der Waals surface area (Å²) in [6, 6.07) is 12.9. The molecule has 2 aromatic rings. The summed E-state index contributed by atoms with van der Waals surface area (Å²) in [4.78, 5) is 0.283. The van der Waals surface area contributed by atoms with E-state index in [4.69, 9.17) is 5.73 Å². The minimum atomic E-state index is -0.444. The number of hydrogen-bond acceptors (Lipinski definition) is 2. The molecule has 0 saturated heterocycles. The Morgan fingerprint density at radius 3 is 2.37 bits per heavy atom. The highest BCUT2D eigenvalue weighted by molar-refractivity contribution is 7.99. The normalized spacial score (nSPS) is 14.1. The van der Waals surface area contributed by atoms with E-state index in [0.29, 0.717) is 0 Å². The van der Waals surface area contributed by atoms with Gasteiger partial charge in [0.2, 0.25) is 0 Å². The van der Waals surface area contributed by atoms with Gasteiger partial charge in [0, 0.05) is 16.2 Å². The zero-order chi connectivity index (χ0) is 13.8. The Morgan fingerprint density at radius 1 is 1.05 bits per heavy atom. The maximum Gasteiger partial charge on any atom is 0.136 e. The Labute approximate surface area is 115 Å². The Morgan fingerprint density at radius 2 is 1.74 bits per heavy atom. The smallest absolute Gasteiger partial charge is 0.136 e. The van der Waals surface area contributed by atoms with Gasteiger partial charge in [-0.25, -0.2) is 8.78 Å². The summed E-state index contributed by atoms with van der Waals surface area (Å²) >= 11 is 1.25. The van der Waals surface area contributed by atoms with Gasteiger partial charge in [0.05, 0.1) is 0 Å². The lowest BCUT2D eigenvalue weighted by atomic mass is 10.1. The molecule has 0 amide bonds. The Kier molecular flexibility index (Phi) is 4.56. The van der Waals surface area contributed by atoms with Gasteiger partial charge in [-0.3, -0.25) is 0 Å². The van der Waals surface area contributed by atoms with E-state index >= 15 is 0 Å². The average Bonchev–Trinajstić information content (AvgIpc) is 2.40. The molecule has 0 aliphatic rings. The summed E-state index contributed by atoms with van der Waals surface area (Å²) in [5.74, 6) is -0.867. The average molecular weight is 279 g/mol. The van der Waals surface area contributed by atoms with Crippen LogP contribution < -0.4 is 5.73 Å². The minimum absolute atomic E-state index is 0.113. The van der Waals surface area contributed by atoms with Gasteiger partial charge in [0.1, 0.15) is 11.6 Å². The van der Waals surface area contributed by atoms with Gasteiger partial charge >= 0.3 is 0 Å². The van der Waals surface area contributed by atoms with Crippen molar-refractivity contribution in [1.82, 2.24) is 0 Å². The monoisotopic (exact) mass is 279 g/mol. The van der Waals surface area contributed by atoms with E-state index in [0.717, 1.165) is 17.7 Å². The Balaban J connectivity index is 2.29. The lowest BCUT2D eigenvalue weighted by molar-refractivity contribution is 0.576. The summed E-state index contributed by atoms with van der Waals surface area (Å²) in [5, 5.41) is -0.113. The van der Waals surface area contributed by atoms with Crippen molar-refractivity contribution in [2.45, 2.75) is 23.1 Å². The Bertz CT molecular complexity index is 543. The van der Waals surface area contributed by atoms with Gasteiger partial charge in [-0.1, -0.05) is 30.3 Å². The van der Waals surface area contributed by atoms with Crippen LogP contribution in [0.2, 0.25) is 0 Å². The molecule has 2 N–H and O–H groups in total. The van der Waals surface area contributed by atoms with Crippen molar-refractivity contribution in [3.8, 4) is 0 Å². The van der Waals surface area contributed by atoms with Crippen LogP contribution in [0.1, 0.15) is 17.7 Å². The van der Waals surface area contributed by atoms with Crippen molar-refractivity contribution in [3.05, 3.63) is 65.7 Å². The van der Waals surface area contributed by atoms with Crippen molar-refractivity contribution in [2.75, 3.05) is 0 Å². The van der Waals surface area contributed by atoms with E-state index in [9.17, 15) is 8.78 Å². The van der Waals surface area contributed by atoms with Gasteiger partial charge in [-0.05, 0) is 30.7 Å². The van der Waals surface area contributed by atoms with Crippen LogP contribution >= 0.6 is 11.8 Å². The summed E-state index contributed by atoms with van der Waals surface area (Å²) in [6.07, 6.45) is 0. The van der Waals surface area contributed by atoms with Crippen molar-refractivity contribution >= 4 is 11.8 Å². The van der Waals surface area contributed by atoms with Crippen LogP contribution in [0.25, 0.3) is 0 Å². The summed E-state index contributed by atoms with van der Waals surface area (Å²) in [6.45, 7) is 1.86. The molecule has 4 heteroatoms. The zero-order valence-corrected chi connectivity index (χ0v) is 11.3. The van der Waals surface area contributed by atoms with Crippen LogP contribution in [-0.2, 0) is 0 Å². The molecule has 2 atom stereocenters. The third kappa shape index (κ3) is 3.55. The van der Waals surface area contributed by atoms with E-state index in [1.807, 2.05) is 37.3 Å². The predicted molar refractivity (Wildman–Crippen MR) is 75.0 cm³/mol. The second-order valence-electron chi connectivity index (χ2n) is 4.38. The summed E-state index contributed by atoms with van der Waals surface area (Å²) in [7, 11) is 0. The van der Waals surface area contributed by atoms with Crippen molar-refractivity contribution < 1.29 is 8.78 Å². The van der Waals surface area contributed by atoms with E-state index in [-0.39, 0.29) is 16.2 Å². The van der Waals surface area contributed by atoms with E-state index < -0.39 is 11.6 Å². The fourth-order valence-electron chi connectivity index (χ4n) is 1.83. The molecule has 0 aliphatic carbocycles. The number of benzene rings is 2. The van der Waals surface area contributed by atoms with Crippen LogP contribution in [-0.4, -0.2) is 6.04 Å². The molecule has 100 valence electrons. The van der Waals surface area contributed by atoms with E-state index in [1.165, 1.54) is 17.8 Å². The number of thioether (sulfide) groups is 1. The zero-order valence-electron chi connectivity index (χ0n) is 10.5. The van der Waals surface area contributed by atoms with Gasteiger partial charge in [0.15, 0.2) is 0 Å². The molecule has 2 aromatic carbocycles. The van der Waals surface area contributed by atoms with Gasteiger partial charge < -0.3 is 5.73 Å². The van der Waals surface area contributed by atoms with Crippen LogP contribution in [0.15, 0.2) is 53.4 Å². The number of rotatable bonds is 4. The molecule has 2 rings (SSSR count). The van der Waals surface area contributed by atoms with Gasteiger partial charge in [0.25, 0.3) is 0 Å². The largest absolute Gasteiger partial charge is 0.327 e. The van der Waals surface area contributed by atoms with Gasteiger partial charge in [-0.2, -0.15) is 0 Å². The molecule has 0 radical (unpaired) electrons. The van der Waals surface area contributed by atoms with Crippen molar-refractivity contribution in [1.29, 1.82) is 0 Å². The molecule has 1 nitrogen and oxygen atoms in total. The maximum absolute atomic E-state index is 13.7. The fraction of sp³-hybridized carbons (Fsp3) is 0.200. The standard InChI is InChI=1S/C15H15F2NS/c1-10(18)15(11-5-3-2-4-6-11)19-14-9-12(16)7-8-13(14)17/h2-10,15H,18H2,1H3. The lowest BCUT2D eigenvalue weighted by Gasteiger charge is -2.21. The number of halogens is 2. The van der Waals surface area contributed by atoms with Crippen molar-refractivity contribution in [3.63, 3.8) is 0 Å². The molecule has 0 bridgehead atoms. The minimum Gasteiger partial charge on any atom is -0.327 e. The van der Waals surface area contributed by atoms with E-state index in [2.05, 4.69) is 0 Å². The molecule has 0 spiro atoms. The molecule has 0 saturated carbocycles. The lowest BCUT2D eigenvalue weighted by Crippen LogP contribution is -2.22. The molecule has 19 heavy (non-hydrogen) atoms. The quantitative estimate of drug-likeness (QED) is 0.851. The van der Waals surface area contributed by atoms with Crippen molar-refractivity contribution in [2.24, 2.45) is 5.73 Å². The first-order valence-electron chi connectivity index (χ1n) is 6.00. The third-order valence-electron chi connectivity index (χ3n) is 2.75. The predicted octanol–water partition coefficient (Wildman–Crippen LogP) is 4.15. The molecule has 2 unspecified atom stereocenters. The van der Waals surface area contributed by atoms with Crippen LogP contribution in [0.3, 0.4) is 0 Å². The maximum atomic E-state index is 13.7. The topological polar surface area (TPSA) is 26.0 Å². The number of nitrogens with two attached hydrogens (primary N) is 1. The second kappa shape index (κ2) is 6.17. The van der Waals surface area contributed by atoms with Crippen LogP contribution in [0.4, 0.5) is 8.78 Å². The fourth-order valence-corrected chi connectivity index (χ4v) is 2.97. The third-order valence-corrected chi connectivity index (χ3v) is 4.28. The van der Waals surface area contributed by atoms with E-state index in [1.54, 1.807) is 0 Å². The highest BCUT2D eigenvalue weighted by atomic mass is 32.2. The first-order valence-corrected chi connectivity index (χ1v) is 6.88. The second-order valence-corrected chi connectivity index (χ2v) is 5.57. The van der Waals surface area contributed by atoms with Gasteiger partial charge in [-0.15, -0.1) is 11.8 Å². The molecule has 0 fully saturated rings. The first kappa shape index (κ1) is 14.0. The summed E-state index contributed by atoms with van der Waals surface area (Å²) in [5.41, 5.74) is 6.97. The molecular weight excluding hydrogens is 264 g/mol. The number of hydrogen-bond donors (Lipinski definition) is 1. The highest BCUT2D eigenvalue weighted by Gasteiger charge is 2.19. The summed E-state index contributed by atoms with van der Waals surface area (Å²) < 4.78 is 26.9. The SMILES string of the molecule is CC(N)C(Sc1cc(F)ccc1F)c1ccccc1. The van der Waals surface area contributed by atoms with Crippen LogP contribution in [0, 0.1) is 11.6 Å². The molecule has 0 aromatic heterocycles. The van der Waals surface area contributed by atoms with Crippen LogP contribution in [0.5, 0.6) is 0 Å². The first-order chi connectivity index (χ1) is 9.08.